The molecule has 0 saturated carbocycles. The van der Waals surface area contributed by atoms with E-state index in [1.54, 1.807) is 6.07 Å². The third kappa shape index (κ3) is 2.79. The zero-order valence-electron chi connectivity index (χ0n) is 8.97. The number of carboxylic acids is 1. The molecule has 0 aliphatic heterocycles. The number of carboxylic acid groups (broad SMARTS) is 1. The molecule has 0 atom stereocenters. The van der Waals surface area contributed by atoms with Gasteiger partial charge in [0.25, 0.3) is 5.69 Å². The largest absolute Gasteiger partial charge is 0.477 e. The van der Waals surface area contributed by atoms with Crippen LogP contribution in [0.4, 0.5) is 5.69 Å². The summed E-state index contributed by atoms with van der Waals surface area (Å²) in [5.41, 5.74) is 0.233. The van der Waals surface area contributed by atoms with Crippen LogP contribution in [-0.4, -0.2) is 16.0 Å². The Bertz CT molecular complexity index is 414. The summed E-state index contributed by atoms with van der Waals surface area (Å²) in [6.45, 7) is 2.03. The van der Waals surface area contributed by atoms with E-state index in [1.807, 2.05) is 6.92 Å². The SMILES string of the molecule is CCCCc1ccc([N+](=O)[O-])c(C(=O)O)c1. The fourth-order valence-electron chi connectivity index (χ4n) is 1.45. The van der Waals surface area contributed by atoms with Crippen molar-refractivity contribution in [2.45, 2.75) is 26.2 Å². The first-order valence-corrected chi connectivity index (χ1v) is 5.07. The molecule has 86 valence electrons. The minimum Gasteiger partial charge on any atom is -0.477 e. The number of aryl methyl sites for hydroxylation is 1. The number of unbranched alkanes of at least 4 members (excludes halogenated alkanes) is 1. The van der Waals surface area contributed by atoms with E-state index in [1.165, 1.54) is 12.1 Å². The van der Waals surface area contributed by atoms with Gasteiger partial charge in [-0.25, -0.2) is 4.79 Å². The van der Waals surface area contributed by atoms with Crippen molar-refractivity contribution in [2.24, 2.45) is 0 Å². The van der Waals surface area contributed by atoms with Gasteiger partial charge >= 0.3 is 5.97 Å². The Morgan fingerprint density at radius 3 is 2.69 bits per heavy atom. The molecular formula is C11H13NO4. The van der Waals surface area contributed by atoms with Crippen molar-refractivity contribution >= 4 is 11.7 Å². The molecule has 0 spiro atoms. The lowest BCUT2D eigenvalue weighted by atomic mass is 10.0. The highest BCUT2D eigenvalue weighted by atomic mass is 16.6. The number of nitrogens with zero attached hydrogens (tertiary/aromatic N) is 1. The second kappa shape index (κ2) is 5.25. The van der Waals surface area contributed by atoms with Gasteiger partial charge in [0.1, 0.15) is 5.56 Å². The van der Waals surface area contributed by atoms with Crippen molar-refractivity contribution in [1.29, 1.82) is 0 Å². The first-order valence-electron chi connectivity index (χ1n) is 5.07. The molecule has 1 rings (SSSR count). The van der Waals surface area contributed by atoms with E-state index in [9.17, 15) is 14.9 Å². The predicted molar refractivity (Wildman–Crippen MR) is 58.7 cm³/mol. The summed E-state index contributed by atoms with van der Waals surface area (Å²) in [5.74, 6) is -1.26. The normalized spacial score (nSPS) is 10.1. The molecular weight excluding hydrogens is 210 g/mol. The molecule has 0 amide bonds. The second-order valence-corrected chi connectivity index (χ2v) is 3.52. The van der Waals surface area contributed by atoms with Gasteiger partial charge in [-0.2, -0.15) is 0 Å². The molecule has 1 N–H and O–H groups in total. The third-order valence-corrected chi connectivity index (χ3v) is 2.31. The Kier molecular flexibility index (Phi) is 3.99. The third-order valence-electron chi connectivity index (χ3n) is 2.31. The van der Waals surface area contributed by atoms with Crippen LogP contribution in [0.2, 0.25) is 0 Å². The fraction of sp³-hybridized carbons (Fsp3) is 0.364. The van der Waals surface area contributed by atoms with Crippen LogP contribution in [0, 0.1) is 10.1 Å². The van der Waals surface area contributed by atoms with Crippen molar-refractivity contribution in [2.75, 3.05) is 0 Å². The van der Waals surface area contributed by atoms with Crippen LogP contribution in [0.1, 0.15) is 35.7 Å². The van der Waals surface area contributed by atoms with Crippen molar-refractivity contribution in [3.8, 4) is 0 Å². The van der Waals surface area contributed by atoms with Gasteiger partial charge in [0.15, 0.2) is 0 Å². The first-order chi connectivity index (χ1) is 7.56. The molecule has 0 aromatic heterocycles. The number of hydrogen-bond donors (Lipinski definition) is 1. The second-order valence-electron chi connectivity index (χ2n) is 3.52. The summed E-state index contributed by atoms with van der Waals surface area (Å²) in [7, 11) is 0. The van der Waals surface area contributed by atoms with Crippen molar-refractivity contribution in [1.82, 2.24) is 0 Å². The zero-order chi connectivity index (χ0) is 12.1. The van der Waals surface area contributed by atoms with E-state index in [-0.39, 0.29) is 11.3 Å². The zero-order valence-corrected chi connectivity index (χ0v) is 8.97. The van der Waals surface area contributed by atoms with E-state index >= 15 is 0 Å². The number of aromatic carboxylic acids is 1. The molecule has 5 nitrogen and oxygen atoms in total. The lowest BCUT2D eigenvalue weighted by Gasteiger charge is -2.02. The molecule has 0 unspecified atom stereocenters. The number of hydrogen-bond acceptors (Lipinski definition) is 3. The van der Waals surface area contributed by atoms with Gasteiger partial charge in [-0.15, -0.1) is 0 Å². The molecule has 0 fully saturated rings. The van der Waals surface area contributed by atoms with E-state index in [4.69, 9.17) is 5.11 Å². The summed E-state index contributed by atoms with van der Waals surface area (Å²) in [6.07, 6.45) is 2.69. The molecule has 0 heterocycles. The Morgan fingerprint density at radius 2 is 2.19 bits per heavy atom. The minimum absolute atomic E-state index is 0.237. The Balaban J connectivity index is 3.07. The van der Waals surface area contributed by atoms with Gasteiger partial charge in [-0.1, -0.05) is 19.4 Å². The molecule has 0 aliphatic carbocycles. The Morgan fingerprint density at radius 1 is 1.50 bits per heavy atom. The first kappa shape index (κ1) is 12.2. The maximum atomic E-state index is 10.8. The highest BCUT2D eigenvalue weighted by molar-refractivity contribution is 5.92. The summed E-state index contributed by atoms with van der Waals surface area (Å²) < 4.78 is 0. The molecule has 0 radical (unpaired) electrons. The van der Waals surface area contributed by atoms with Crippen molar-refractivity contribution < 1.29 is 14.8 Å². The molecule has 0 saturated heterocycles. The van der Waals surface area contributed by atoms with E-state index in [0.717, 1.165) is 24.8 Å². The summed E-state index contributed by atoms with van der Waals surface area (Å²) in [4.78, 5) is 20.8. The van der Waals surface area contributed by atoms with Crippen LogP contribution >= 0.6 is 0 Å². The van der Waals surface area contributed by atoms with Gasteiger partial charge in [-0.3, -0.25) is 10.1 Å². The van der Waals surface area contributed by atoms with E-state index in [0.29, 0.717) is 0 Å². The summed E-state index contributed by atoms with van der Waals surface area (Å²) >= 11 is 0. The molecule has 0 bridgehead atoms. The fourth-order valence-corrected chi connectivity index (χ4v) is 1.45. The number of nitro groups is 1. The van der Waals surface area contributed by atoms with Gasteiger partial charge in [0.05, 0.1) is 4.92 Å². The topological polar surface area (TPSA) is 80.4 Å². The number of nitro benzene ring substituents is 1. The average molecular weight is 223 g/mol. The van der Waals surface area contributed by atoms with Crippen LogP contribution in [0.15, 0.2) is 18.2 Å². The maximum absolute atomic E-state index is 10.8. The molecule has 1 aromatic rings. The molecule has 16 heavy (non-hydrogen) atoms. The number of rotatable bonds is 5. The smallest absolute Gasteiger partial charge is 0.342 e. The van der Waals surface area contributed by atoms with E-state index in [2.05, 4.69) is 0 Å². The van der Waals surface area contributed by atoms with Gasteiger partial charge in [0, 0.05) is 6.07 Å². The molecule has 5 heteroatoms. The predicted octanol–water partition coefficient (Wildman–Crippen LogP) is 2.64. The van der Waals surface area contributed by atoms with Crippen LogP contribution in [0.3, 0.4) is 0 Å². The summed E-state index contributed by atoms with van der Waals surface area (Å²) in [6, 6.07) is 4.25. The highest BCUT2D eigenvalue weighted by Gasteiger charge is 2.19. The monoisotopic (exact) mass is 223 g/mol. The van der Waals surface area contributed by atoms with Crippen molar-refractivity contribution in [3.63, 3.8) is 0 Å². The lowest BCUT2D eigenvalue weighted by molar-refractivity contribution is -0.385. The number of benzene rings is 1. The standard InChI is InChI=1S/C11H13NO4/c1-2-3-4-8-5-6-10(12(15)16)9(7-8)11(13)14/h5-7H,2-4H2,1H3,(H,13,14). The van der Waals surface area contributed by atoms with Gasteiger partial charge in [-0.05, 0) is 24.5 Å². The van der Waals surface area contributed by atoms with Crippen LogP contribution in [0.25, 0.3) is 0 Å². The van der Waals surface area contributed by atoms with Crippen LogP contribution in [-0.2, 0) is 6.42 Å². The Labute approximate surface area is 92.9 Å². The van der Waals surface area contributed by atoms with Crippen LogP contribution in [0.5, 0.6) is 0 Å². The molecule has 1 aromatic carbocycles. The van der Waals surface area contributed by atoms with Gasteiger partial charge < -0.3 is 5.11 Å². The quantitative estimate of drug-likeness (QED) is 0.614. The maximum Gasteiger partial charge on any atom is 0.342 e. The molecule has 0 aliphatic rings. The summed E-state index contributed by atoms with van der Waals surface area (Å²) in [5, 5.41) is 19.5. The van der Waals surface area contributed by atoms with Crippen molar-refractivity contribution in [3.05, 3.63) is 39.4 Å². The number of carbonyl (C=O) groups is 1. The minimum atomic E-state index is -1.26. The highest BCUT2D eigenvalue weighted by Crippen LogP contribution is 2.20. The lowest BCUT2D eigenvalue weighted by Crippen LogP contribution is -2.03. The average Bonchev–Trinajstić information content (AvgIpc) is 2.25. The van der Waals surface area contributed by atoms with Crippen LogP contribution < -0.4 is 0 Å². The van der Waals surface area contributed by atoms with E-state index < -0.39 is 10.9 Å². The van der Waals surface area contributed by atoms with Gasteiger partial charge in [0.2, 0.25) is 0 Å². The Hall–Kier alpha value is -1.91.